The van der Waals surface area contributed by atoms with Crippen LogP contribution in [0.2, 0.25) is 0 Å². The van der Waals surface area contributed by atoms with E-state index >= 15 is 0 Å². The first kappa shape index (κ1) is 28.0. The Hall–Kier alpha value is -4.56. The molecular formula is C33H30N2O5S. The largest absolute Gasteiger partial charge is 0.507 e. The Morgan fingerprint density at radius 3 is 2.29 bits per heavy atom. The van der Waals surface area contributed by atoms with Crippen molar-refractivity contribution < 1.29 is 24.2 Å². The molecule has 41 heavy (non-hydrogen) atoms. The fourth-order valence-electron chi connectivity index (χ4n) is 4.89. The number of ether oxygens (including phenoxy) is 1. The molecule has 1 unspecified atom stereocenters. The number of carbonyl (C=O) groups is 3. The summed E-state index contributed by atoms with van der Waals surface area (Å²) in [5, 5.41) is 11.7. The van der Waals surface area contributed by atoms with Crippen LogP contribution in [0.15, 0.2) is 78.4 Å². The lowest BCUT2D eigenvalue weighted by atomic mass is 9.94. The summed E-state index contributed by atoms with van der Waals surface area (Å²) in [6.07, 6.45) is 0.826. The molecule has 1 aromatic heterocycles. The second kappa shape index (κ2) is 11.5. The topological polar surface area (TPSA) is 96.8 Å². The zero-order valence-corrected chi connectivity index (χ0v) is 24.1. The van der Waals surface area contributed by atoms with Gasteiger partial charge in [0.05, 0.1) is 22.2 Å². The number of Topliss-reactive ketones (excluding diaryl/α,β-unsaturated/α-hetero) is 2. The fourth-order valence-corrected chi connectivity index (χ4v) is 5.88. The van der Waals surface area contributed by atoms with Crippen LogP contribution in [0.4, 0.5) is 5.13 Å². The number of hydrogen-bond donors (Lipinski definition) is 1. The molecule has 0 radical (unpaired) electrons. The third-order valence-electron chi connectivity index (χ3n) is 7.24. The lowest BCUT2D eigenvalue weighted by molar-refractivity contribution is -0.132. The molecule has 4 aromatic rings. The summed E-state index contributed by atoms with van der Waals surface area (Å²) in [5.41, 5.74) is 4.77. The van der Waals surface area contributed by atoms with Gasteiger partial charge < -0.3 is 9.84 Å². The number of aliphatic hydroxyl groups is 1. The van der Waals surface area contributed by atoms with Gasteiger partial charge in [-0.2, -0.15) is 0 Å². The SMILES string of the molecule is CCc1ccc(C2C(=C(O)c3ccc(OCc4ccccc4C)cc3)C(=O)C(=O)N2c2nc(C)c(C(C)=O)s2)cc1. The highest BCUT2D eigenvalue weighted by molar-refractivity contribution is 7.18. The Bertz CT molecular complexity index is 1670. The zero-order valence-electron chi connectivity index (χ0n) is 23.3. The van der Waals surface area contributed by atoms with Gasteiger partial charge in [0.1, 0.15) is 18.1 Å². The quantitative estimate of drug-likeness (QED) is 0.110. The van der Waals surface area contributed by atoms with E-state index in [2.05, 4.69) is 4.98 Å². The molecule has 1 amide bonds. The molecular weight excluding hydrogens is 536 g/mol. The van der Waals surface area contributed by atoms with Gasteiger partial charge in [-0.25, -0.2) is 4.98 Å². The maximum absolute atomic E-state index is 13.5. The van der Waals surface area contributed by atoms with Gasteiger partial charge in [-0.15, -0.1) is 0 Å². The van der Waals surface area contributed by atoms with Crippen molar-refractivity contribution in [3.63, 3.8) is 0 Å². The Morgan fingerprint density at radius 1 is 1.00 bits per heavy atom. The standard InChI is InChI=1S/C33H30N2O5S/c1-5-22-10-12-23(13-11-22)28-27(30(38)32(39)35(28)33-34-20(3)31(41-33)21(4)36)29(37)24-14-16-26(17-15-24)40-18-25-9-7-6-8-19(25)2/h6-17,28,37H,5,18H2,1-4H3. The second-order valence-electron chi connectivity index (χ2n) is 9.97. The molecule has 3 aromatic carbocycles. The smallest absolute Gasteiger partial charge is 0.301 e. The number of hydrogen-bond acceptors (Lipinski definition) is 7. The van der Waals surface area contributed by atoms with Crippen molar-refractivity contribution in [2.24, 2.45) is 0 Å². The van der Waals surface area contributed by atoms with E-state index in [0.29, 0.717) is 34.1 Å². The summed E-state index contributed by atoms with van der Waals surface area (Å²) >= 11 is 1.06. The summed E-state index contributed by atoms with van der Waals surface area (Å²) in [5.74, 6) is -1.48. The van der Waals surface area contributed by atoms with E-state index in [9.17, 15) is 19.5 Å². The van der Waals surface area contributed by atoms with E-state index in [1.54, 1.807) is 31.2 Å². The highest BCUT2D eigenvalue weighted by Gasteiger charge is 2.48. The number of aromatic nitrogens is 1. The molecule has 0 bridgehead atoms. The van der Waals surface area contributed by atoms with Crippen LogP contribution in [-0.2, 0) is 22.6 Å². The lowest BCUT2D eigenvalue weighted by Gasteiger charge is -2.23. The van der Waals surface area contributed by atoms with Gasteiger partial charge in [0.25, 0.3) is 5.78 Å². The van der Waals surface area contributed by atoms with Crippen molar-refractivity contribution in [1.29, 1.82) is 0 Å². The molecule has 1 atom stereocenters. The van der Waals surface area contributed by atoms with Gasteiger partial charge in [-0.1, -0.05) is 66.8 Å². The second-order valence-corrected chi connectivity index (χ2v) is 10.9. The van der Waals surface area contributed by atoms with Gasteiger partial charge in [-0.05, 0) is 66.8 Å². The van der Waals surface area contributed by atoms with Crippen LogP contribution in [0.25, 0.3) is 5.76 Å². The monoisotopic (exact) mass is 566 g/mol. The van der Waals surface area contributed by atoms with Gasteiger partial charge >= 0.3 is 5.91 Å². The molecule has 0 spiro atoms. The number of rotatable bonds is 8. The highest BCUT2D eigenvalue weighted by Crippen LogP contribution is 2.44. The van der Waals surface area contributed by atoms with Crippen LogP contribution in [0.1, 0.15) is 63.1 Å². The predicted molar refractivity (Wildman–Crippen MR) is 159 cm³/mol. The normalized spacial score (nSPS) is 16.3. The summed E-state index contributed by atoms with van der Waals surface area (Å²) in [6.45, 7) is 7.59. The Labute approximate surface area is 242 Å². The number of carbonyl (C=O) groups excluding carboxylic acids is 3. The van der Waals surface area contributed by atoms with Crippen LogP contribution in [0.5, 0.6) is 5.75 Å². The van der Waals surface area contributed by atoms with Crippen LogP contribution >= 0.6 is 11.3 Å². The van der Waals surface area contributed by atoms with E-state index in [0.717, 1.165) is 34.4 Å². The minimum absolute atomic E-state index is 0.0370. The number of ketones is 2. The van der Waals surface area contributed by atoms with Gasteiger partial charge in [0, 0.05) is 12.5 Å². The first-order valence-corrected chi connectivity index (χ1v) is 14.2. The van der Waals surface area contributed by atoms with E-state index in [1.165, 1.54) is 11.8 Å². The van der Waals surface area contributed by atoms with E-state index in [1.807, 2.05) is 62.4 Å². The summed E-state index contributed by atoms with van der Waals surface area (Å²) < 4.78 is 5.93. The first-order valence-electron chi connectivity index (χ1n) is 13.4. The van der Waals surface area contributed by atoms with Gasteiger partial charge in [0.15, 0.2) is 10.9 Å². The molecule has 1 N–H and O–H groups in total. The average Bonchev–Trinajstić information content (AvgIpc) is 3.49. The van der Waals surface area contributed by atoms with Gasteiger partial charge in [0.2, 0.25) is 0 Å². The summed E-state index contributed by atoms with van der Waals surface area (Å²) in [7, 11) is 0. The van der Waals surface area contributed by atoms with Crippen LogP contribution < -0.4 is 9.64 Å². The summed E-state index contributed by atoms with van der Waals surface area (Å²) in [4.78, 5) is 45.2. The maximum atomic E-state index is 13.5. The average molecular weight is 567 g/mol. The van der Waals surface area contributed by atoms with Crippen molar-refractivity contribution in [3.05, 3.63) is 117 Å². The molecule has 5 rings (SSSR count). The summed E-state index contributed by atoms with van der Waals surface area (Å²) in [6, 6.07) is 21.4. The third-order valence-corrected chi connectivity index (χ3v) is 8.50. The van der Waals surface area contributed by atoms with Crippen molar-refractivity contribution >= 4 is 39.7 Å². The molecule has 7 nitrogen and oxygen atoms in total. The van der Waals surface area contributed by atoms with Crippen molar-refractivity contribution in [1.82, 2.24) is 4.98 Å². The maximum Gasteiger partial charge on any atom is 0.301 e. The van der Waals surface area contributed by atoms with E-state index in [4.69, 9.17) is 4.74 Å². The first-order chi connectivity index (χ1) is 19.7. The highest BCUT2D eigenvalue weighted by atomic mass is 32.1. The van der Waals surface area contributed by atoms with Crippen molar-refractivity contribution in [2.45, 2.75) is 46.8 Å². The number of thiazole rings is 1. The van der Waals surface area contributed by atoms with Crippen LogP contribution in [0, 0.1) is 13.8 Å². The molecule has 1 aliphatic rings. The molecule has 1 aliphatic heterocycles. The number of anilines is 1. The van der Waals surface area contributed by atoms with E-state index in [-0.39, 0.29) is 22.2 Å². The number of amides is 1. The minimum Gasteiger partial charge on any atom is -0.507 e. The van der Waals surface area contributed by atoms with E-state index < -0.39 is 17.7 Å². The van der Waals surface area contributed by atoms with Crippen LogP contribution in [0.3, 0.4) is 0 Å². The predicted octanol–water partition coefficient (Wildman–Crippen LogP) is 6.73. The zero-order chi connectivity index (χ0) is 29.3. The van der Waals surface area contributed by atoms with Gasteiger partial charge in [-0.3, -0.25) is 19.3 Å². The van der Waals surface area contributed by atoms with Crippen LogP contribution in [-0.4, -0.2) is 27.6 Å². The Morgan fingerprint density at radius 2 is 1.68 bits per heavy atom. The molecule has 208 valence electrons. The van der Waals surface area contributed by atoms with Crippen molar-refractivity contribution in [2.75, 3.05) is 4.90 Å². The Balaban J connectivity index is 1.54. The fraction of sp³-hybridized carbons (Fsp3) is 0.212. The molecule has 0 saturated carbocycles. The number of nitrogens with zero attached hydrogens (tertiary/aromatic N) is 2. The Kier molecular flexibility index (Phi) is 7.85. The number of benzene rings is 3. The number of aliphatic hydroxyl groups excluding tert-OH is 1. The molecule has 2 heterocycles. The molecule has 8 heteroatoms. The molecule has 1 saturated heterocycles. The minimum atomic E-state index is -0.914. The van der Waals surface area contributed by atoms with Crippen molar-refractivity contribution in [3.8, 4) is 5.75 Å². The lowest BCUT2D eigenvalue weighted by Crippen LogP contribution is -2.29. The number of aryl methyl sites for hydroxylation is 3. The molecule has 0 aliphatic carbocycles. The molecule has 1 fully saturated rings. The third kappa shape index (κ3) is 5.43.